The van der Waals surface area contributed by atoms with Gasteiger partial charge >= 0.3 is 0 Å². The lowest BCUT2D eigenvalue weighted by Gasteiger charge is -2.17. The summed E-state index contributed by atoms with van der Waals surface area (Å²) in [6, 6.07) is 15.3. The summed E-state index contributed by atoms with van der Waals surface area (Å²) in [5.74, 6) is 5.71. The summed E-state index contributed by atoms with van der Waals surface area (Å²) < 4.78 is 0. The SMILES string of the molecule is Cc1ccc(C(Cc2ccc(C)c(C)c2)NN)cc1. The molecular weight excluding hydrogens is 232 g/mol. The standard InChI is InChI=1S/C17H22N2/c1-12-4-8-16(9-5-12)17(19-18)11-15-7-6-13(2)14(3)10-15/h4-10,17,19H,11,18H2,1-3H3. The Morgan fingerprint density at radius 2 is 1.63 bits per heavy atom. The monoisotopic (exact) mass is 254 g/mol. The molecular formula is C17H22N2. The van der Waals surface area contributed by atoms with Crippen molar-refractivity contribution >= 4 is 0 Å². The first kappa shape index (κ1) is 13.8. The minimum Gasteiger partial charge on any atom is -0.271 e. The van der Waals surface area contributed by atoms with Crippen molar-refractivity contribution in [2.45, 2.75) is 33.2 Å². The highest BCUT2D eigenvalue weighted by Gasteiger charge is 2.10. The summed E-state index contributed by atoms with van der Waals surface area (Å²) in [5.41, 5.74) is 9.39. The maximum atomic E-state index is 5.71. The van der Waals surface area contributed by atoms with Crippen molar-refractivity contribution in [3.05, 3.63) is 70.3 Å². The molecule has 19 heavy (non-hydrogen) atoms. The van der Waals surface area contributed by atoms with Gasteiger partial charge in [-0.2, -0.15) is 0 Å². The Labute approximate surface area is 115 Å². The summed E-state index contributed by atoms with van der Waals surface area (Å²) in [4.78, 5) is 0. The Bertz CT molecular complexity index is 544. The molecule has 2 heteroatoms. The predicted octanol–water partition coefficient (Wildman–Crippen LogP) is 3.36. The van der Waals surface area contributed by atoms with E-state index in [1.165, 1.54) is 27.8 Å². The number of aryl methyl sites for hydroxylation is 3. The van der Waals surface area contributed by atoms with Gasteiger partial charge in [0, 0.05) is 6.04 Å². The maximum absolute atomic E-state index is 5.71. The van der Waals surface area contributed by atoms with Crippen LogP contribution in [0.15, 0.2) is 42.5 Å². The highest BCUT2D eigenvalue weighted by Crippen LogP contribution is 2.20. The second-order valence-electron chi connectivity index (χ2n) is 5.25. The summed E-state index contributed by atoms with van der Waals surface area (Å²) in [5, 5.41) is 0. The van der Waals surface area contributed by atoms with Crippen molar-refractivity contribution in [1.82, 2.24) is 5.43 Å². The molecule has 0 saturated heterocycles. The van der Waals surface area contributed by atoms with Crippen molar-refractivity contribution in [2.75, 3.05) is 0 Å². The van der Waals surface area contributed by atoms with Gasteiger partial charge in [0.05, 0.1) is 0 Å². The molecule has 2 aromatic carbocycles. The van der Waals surface area contributed by atoms with Crippen LogP contribution in [0.3, 0.4) is 0 Å². The zero-order valence-corrected chi connectivity index (χ0v) is 11.9. The third-order valence-corrected chi connectivity index (χ3v) is 3.69. The molecule has 0 bridgehead atoms. The predicted molar refractivity (Wildman–Crippen MR) is 80.9 cm³/mol. The fourth-order valence-corrected chi connectivity index (χ4v) is 2.24. The second-order valence-corrected chi connectivity index (χ2v) is 5.25. The first-order valence-electron chi connectivity index (χ1n) is 6.69. The van der Waals surface area contributed by atoms with Gasteiger partial charge in [0.25, 0.3) is 0 Å². The van der Waals surface area contributed by atoms with Crippen LogP contribution >= 0.6 is 0 Å². The Balaban J connectivity index is 2.18. The molecule has 0 aliphatic heterocycles. The second kappa shape index (κ2) is 6.00. The quantitative estimate of drug-likeness (QED) is 0.648. The highest BCUT2D eigenvalue weighted by atomic mass is 15.2. The van der Waals surface area contributed by atoms with Gasteiger partial charge in [-0.15, -0.1) is 0 Å². The zero-order valence-electron chi connectivity index (χ0n) is 11.9. The van der Waals surface area contributed by atoms with Crippen molar-refractivity contribution in [1.29, 1.82) is 0 Å². The molecule has 2 nitrogen and oxygen atoms in total. The molecule has 2 aromatic rings. The molecule has 0 spiro atoms. The van der Waals surface area contributed by atoms with Gasteiger partial charge in [-0.3, -0.25) is 11.3 Å². The van der Waals surface area contributed by atoms with Gasteiger partial charge in [0.15, 0.2) is 0 Å². The number of hydrogen-bond acceptors (Lipinski definition) is 2. The van der Waals surface area contributed by atoms with Gasteiger partial charge in [-0.1, -0.05) is 48.0 Å². The van der Waals surface area contributed by atoms with Crippen LogP contribution in [0.4, 0.5) is 0 Å². The van der Waals surface area contributed by atoms with E-state index in [0.29, 0.717) is 0 Å². The molecule has 0 radical (unpaired) electrons. The minimum absolute atomic E-state index is 0.155. The summed E-state index contributed by atoms with van der Waals surface area (Å²) >= 11 is 0. The average Bonchev–Trinajstić information content (AvgIpc) is 2.41. The van der Waals surface area contributed by atoms with Crippen LogP contribution in [-0.2, 0) is 6.42 Å². The lowest BCUT2D eigenvalue weighted by Crippen LogP contribution is -2.29. The van der Waals surface area contributed by atoms with Crippen LogP contribution < -0.4 is 11.3 Å². The topological polar surface area (TPSA) is 38.0 Å². The Hall–Kier alpha value is -1.64. The van der Waals surface area contributed by atoms with Crippen LogP contribution in [0.5, 0.6) is 0 Å². The fourth-order valence-electron chi connectivity index (χ4n) is 2.24. The van der Waals surface area contributed by atoms with E-state index in [1.54, 1.807) is 0 Å². The van der Waals surface area contributed by atoms with Crippen LogP contribution in [0.2, 0.25) is 0 Å². The van der Waals surface area contributed by atoms with Crippen LogP contribution in [0, 0.1) is 20.8 Å². The molecule has 1 unspecified atom stereocenters. The van der Waals surface area contributed by atoms with Crippen LogP contribution in [0.25, 0.3) is 0 Å². The molecule has 0 saturated carbocycles. The highest BCUT2D eigenvalue weighted by molar-refractivity contribution is 5.32. The first-order valence-corrected chi connectivity index (χ1v) is 6.69. The Morgan fingerprint density at radius 1 is 0.947 bits per heavy atom. The van der Waals surface area contributed by atoms with E-state index in [9.17, 15) is 0 Å². The molecule has 2 rings (SSSR count). The van der Waals surface area contributed by atoms with E-state index < -0.39 is 0 Å². The molecule has 0 aromatic heterocycles. The van der Waals surface area contributed by atoms with Gasteiger partial charge in [-0.05, 0) is 49.4 Å². The number of nitrogens with one attached hydrogen (secondary N) is 1. The lowest BCUT2D eigenvalue weighted by atomic mass is 9.96. The summed E-state index contributed by atoms with van der Waals surface area (Å²) in [6.07, 6.45) is 0.903. The van der Waals surface area contributed by atoms with Gasteiger partial charge in [0.1, 0.15) is 0 Å². The minimum atomic E-state index is 0.155. The van der Waals surface area contributed by atoms with Crippen molar-refractivity contribution < 1.29 is 0 Å². The Kier molecular flexibility index (Phi) is 4.35. The third-order valence-electron chi connectivity index (χ3n) is 3.69. The third kappa shape index (κ3) is 3.43. The molecule has 0 amide bonds. The number of benzene rings is 2. The van der Waals surface area contributed by atoms with E-state index in [-0.39, 0.29) is 6.04 Å². The Morgan fingerprint density at radius 3 is 2.21 bits per heavy atom. The van der Waals surface area contributed by atoms with Gasteiger partial charge in [-0.25, -0.2) is 0 Å². The molecule has 3 N–H and O–H groups in total. The van der Waals surface area contributed by atoms with Crippen molar-refractivity contribution in [3.8, 4) is 0 Å². The first-order chi connectivity index (χ1) is 9.10. The summed E-state index contributed by atoms with van der Waals surface area (Å²) in [7, 11) is 0. The number of rotatable bonds is 4. The molecule has 0 heterocycles. The van der Waals surface area contributed by atoms with E-state index >= 15 is 0 Å². The van der Waals surface area contributed by atoms with E-state index in [0.717, 1.165) is 6.42 Å². The largest absolute Gasteiger partial charge is 0.271 e. The van der Waals surface area contributed by atoms with Gasteiger partial charge < -0.3 is 0 Å². The van der Waals surface area contributed by atoms with Crippen LogP contribution in [0.1, 0.15) is 33.9 Å². The smallest absolute Gasteiger partial charge is 0.0500 e. The molecule has 0 fully saturated rings. The van der Waals surface area contributed by atoms with Crippen LogP contribution in [-0.4, -0.2) is 0 Å². The molecule has 0 aliphatic carbocycles. The number of hydrazine groups is 1. The average molecular weight is 254 g/mol. The fraction of sp³-hybridized carbons (Fsp3) is 0.294. The van der Waals surface area contributed by atoms with E-state index in [1.807, 2.05) is 0 Å². The number of nitrogens with two attached hydrogens (primary N) is 1. The zero-order chi connectivity index (χ0) is 13.8. The molecule has 0 aliphatic rings. The van der Waals surface area contributed by atoms with Crippen molar-refractivity contribution in [2.24, 2.45) is 5.84 Å². The van der Waals surface area contributed by atoms with E-state index in [2.05, 4.69) is 68.7 Å². The summed E-state index contributed by atoms with van der Waals surface area (Å²) in [6.45, 7) is 6.38. The molecule has 100 valence electrons. The van der Waals surface area contributed by atoms with Gasteiger partial charge in [0.2, 0.25) is 0 Å². The normalized spacial score (nSPS) is 12.4. The van der Waals surface area contributed by atoms with Crippen molar-refractivity contribution in [3.63, 3.8) is 0 Å². The number of hydrogen-bond donors (Lipinski definition) is 2. The van der Waals surface area contributed by atoms with E-state index in [4.69, 9.17) is 5.84 Å². The molecule has 1 atom stereocenters. The lowest BCUT2D eigenvalue weighted by molar-refractivity contribution is 0.551. The maximum Gasteiger partial charge on any atom is 0.0500 e.